The van der Waals surface area contributed by atoms with Gasteiger partial charge in [0.15, 0.2) is 11.2 Å². The molecule has 0 radical (unpaired) electrons. The molecule has 1 N–H and O–H groups in total. The van der Waals surface area contributed by atoms with Crippen LogP contribution in [0.15, 0.2) is 93.8 Å². The summed E-state index contributed by atoms with van der Waals surface area (Å²) in [6.45, 7) is 3.84. The molecule has 8 aromatic rings. The van der Waals surface area contributed by atoms with E-state index in [9.17, 15) is 0 Å². The molecule has 6 heterocycles. The van der Waals surface area contributed by atoms with E-state index in [1.165, 1.54) is 38.8 Å². The standard InChI is InChI=1S/C19H16ClN3O.C12H14N2.C7H3Cl2NO/c1-22-16-5-3-2-4-13(16)14-8-9-23(11-17(14)22)19-21-15-7-6-12(20)10-18(15)24-19;1-14-11-5-3-2-4-9(11)10-6-7-13-8-12(10)14;8-4-1-2-5-6(3-4)11-7(9)10-5/h2-7,10H,8-9,11H2,1H3;2-5,13H,6-8H2,1H3;1-3H. The van der Waals surface area contributed by atoms with Crippen LogP contribution in [0, 0.1) is 0 Å². The molecule has 8 nitrogen and oxygen atoms in total. The van der Waals surface area contributed by atoms with Crippen molar-refractivity contribution < 1.29 is 8.83 Å². The largest absolute Gasteiger partial charge is 0.428 e. The van der Waals surface area contributed by atoms with E-state index in [1.54, 1.807) is 23.8 Å². The summed E-state index contributed by atoms with van der Waals surface area (Å²) < 4.78 is 15.6. The number of fused-ring (bicyclic) bond motifs is 8. The number of halogens is 3. The van der Waals surface area contributed by atoms with Crippen molar-refractivity contribution in [3.63, 3.8) is 0 Å². The number of aromatic nitrogens is 4. The van der Waals surface area contributed by atoms with Crippen LogP contribution in [-0.2, 0) is 40.0 Å². The Hall–Kier alpha value is -4.47. The molecule has 4 aromatic heterocycles. The maximum Gasteiger partial charge on any atom is 0.298 e. The minimum atomic E-state index is 0.141. The molecule has 4 aromatic carbocycles. The van der Waals surface area contributed by atoms with Crippen LogP contribution >= 0.6 is 34.8 Å². The number of anilines is 1. The van der Waals surface area contributed by atoms with Gasteiger partial charge < -0.3 is 28.2 Å². The second kappa shape index (κ2) is 13.1. The van der Waals surface area contributed by atoms with Gasteiger partial charge in [-0.05, 0) is 78.5 Å². The quantitative estimate of drug-likeness (QED) is 0.183. The molecular formula is C38H33Cl3N6O2. The fourth-order valence-electron chi connectivity index (χ4n) is 7.02. The van der Waals surface area contributed by atoms with Gasteiger partial charge in [0.2, 0.25) is 0 Å². The average Bonchev–Trinajstić information content (AvgIpc) is 3.87. The molecular weight excluding hydrogens is 679 g/mol. The van der Waals surface area contributed by atoms with Gasteiger partial charge in [-0.25, -0.2) is 0 Å². The molecule has 0 saturated heterocycles. The van der Waals surface area contributed by atoms with E-state index in [-0.39, 0.29) is 5.35 Å². The van der Waals surface area contributed by atoms with Gasteiger partial charge in [-0.2, -0.15) is 9.97 Å². The van der Waals surface area contributed by atoms with Crippen LogP contribution < -0.4 is 10.2 Å². The van der Waals surface area contributed by atoms with Crippen LogP contribution in [0.25, 0.3) is 44.0 Å². The monoisotopic (exact) mass is 710 g/mol. The number of hydrogen-bond acceptors (Lipinski definition) is 6. The van der Waals surface area contributed by atoms with Gasteiger partial charge >= 0.3 is 0 Å². The molecule has 2 aliphatic rings. The predicted molar refractivity (Wildman–Crippen MR) is 199 cm³/mol. The summed E-state index contributed by atoms with van der Waals surface area (Å²) in [6, 6.07) is 28.7. The molecule has 0 atom stereocenters. The number of benzene rings is 4. The van der Waals surface area contributed by atoms with Crippen molar-refractivity contribution in [3.8, 4) is 0 Å². The second-order valence-electron chi connectivity index (χ2n) is 12.3. The number of rotatable bonds is 1. The smallest absolute Gasteiger partial charge is 0.298 e. The normalized spacial score (nSPS) is 14.0. The fourth-order valence-corrected chi connectivity index (χ4v) is 7.51. The molecule has 49 heavy (non-hydrogen) atoms. The molecule has 11 heteroatoms. The summed E-state index contributed by atoms with van der Waals surface area (Å²) in [6.07, 6.45) is 2.16. The maximum absolute atomic E-state index is 6.04. The molecule has 0 unspecified atom stereocenters. The Kier molecular flexibility index (Phi) is 8.49. The summed E-state index contributed by atoms with van der Waals surface area (Å²) in [5.74, 6) is 0. The molecule has 2 aliphatic heterocycles. The lowest BCUT2D eigenvalue weighted by atomic mass is 10.0. The number of aryl methyl sites for hydroxylation is 2. The highest BCUT2D eigenvalue weighted by atomic mass is 35.5. The lowest BCUT2D eigenvalue weighted by Gasteiger charge is -2.26. The van der Waals surface area contributed by atoms with Gasteiger partial charge in [-0.3, -0.25) is 0 Å². The minimum absolute atomic E-state index is 0.141. The molecule has 10 rings (SSSR count). The molecule has 0 fully saturated rings. The maximum atomic E-state index is 6.04. The number of oxazole rings is 2. The van der Waals surface area contributed by atoms with Crippen molar-refractivity contribution in [1.29, 1.82) is 0 Å². The van der Waals surface area contributed by atoms with Crippen molar-refractivity contribution in [1.82, 2.24) is 24.4 Å². The van der Waals surface area contributed by atoms with E-state index in [0.29, 0.717) is 21.6 Å². The highest BCUT2D eigenvalue weighted by Crippen LogP contribution is 2.33. The first-order valence-corrected chi connectivity index (χ1v) is 17.3. The third-order valence-electron chi connectivity index (χ3n) is 9.44. The average molecular weight is 712 g/mol. The van der Waals surface area contributed by atoms with Crippen molar-refractivity contribution in [3.05, 3.63) is 123 Å². The Balaban J connectivity index is 0.000000118. The Morgan fingerprint density at radius 2 is 1.27 bits per heavy atom. The van der Waals surface area contributed by atoms with E-state index in [0.717, 1.165) is 55.6 Å². The van der Waals surface area contributed by atoms with Gasteiger partial charge in [-0.15, -0.1) is 0 Å². The van der Waals surface area contributed by atoms with Crippen molar-refractivity contribution in [2.24, 2.45) is 14.1 Å². The van der Waals surface area contributed by atoms with Crippen LogP contribution in [0.4, 0.5) is 6.01 Å². The topological polar surface area (TPSA) is 77.2 Å². The first-order chi connectivity index (χ1) is 23.8. The van der Waals surface area contributed by atoms with E-state index in [4.69, 9.17) is 43.6 Å². The summed E-state index contributed by atoms with van der Waals surface area (Å²) in [5.41, 5.74) is 11.3. The zero-order chi connectivity index (χ0) is 33.6. The van der Waals surface area contributed by atoms with Gasteiger partial charge in [0.1, 0.15) is 11.0 Å². The van der Waals surface area contributed by atoms with E-state index < -0.39 is 0 Å². The van der Waals surface area contributed by atoms with Crippen molar-refractivity contribution in [2.75, 3.05) is 18.0 Å². The molecule has 0 spiro atoms. The first-order valence-electron chi connectivity index (χ1n) is 16.2. The van der Waals surface area contributed by atoms with Crippen LogP contribution in [0.3, 0.4) is 0 Å². The molecule has 0 amide bonds. The third-order valence-corrected chi connectivity index (χ3v) is 10.1. The van der Waals surface area contributed by atoms with E-state index in [1.807, 2.05) is 18.2 Å². The number of hydrogen-bond donors (Lipinski definition) is 1. The van der Waals surface area contributed by atoms with Gasteiger partial charge in [0, 0.05) is 82.6 Å². The summed E-state index contributed by atoms with van der Waals surface area (Å²) in [5, 5.41) is 7.64. The first kappa shape index (κ1) is 31.8. The van der Waals surface area contributed by atoms with E-state index >= 15 is 0 Å². The lowest BCUT2D eigenvalue weighted by Crippen LogP contribution is -2.31. The van der Waals surface area contributed by atoms with Crippen molar-refractivity contribution >= 4 is 84.8 Å². The Bertz CT molecular complexity index is 2470. The van der Waals surface area contributed by atoms with Gasteiger partial charge in [-0.1, -0.05) is 59.6 Å². The number of nitrogens with zero attached hydrogens (tertiary/aromatic N) is 5. The van der Waals surface area contributed by atoms with Crippen LogP contribution in [0.1, 0.15) is 22.5 Å². The number of para-hydroxylation sites is 2. The molecule has 248 valence electrons. The third kappa shape index (κ3) is 6.04. The van der Waals surface area contributed by atoms with Gasteiger partial charge in [0.05, 0.1) is 6.54 Å². The van der Waals surface area contributed by atoms with Crippen LogP contribution in [-0.4, -0.2) is 32.2 Å². The summed E-state index contributed by atoms with van der Waals surface area (Å²) in [7, 11) is 4.30. The Morgan fingerprint density at radius 3 is 1.96 bits per heavy atom. The molecule has 0 aliphatic carbocycles. The summed E-state index contributed by atoms with van der Waals surface area (Å²) >= 11 is 17.3. The fraction of sp³-hybridized carbons (Fsp3) is 0.211. The minimum Gasteiger partial charge on any atom is -0.428 e. The highest BCUT2D eigenvalue weighted by molar-refractivity contribution is 6.31. The second-order valence-corrected chi connectivity index (χ2v) is 13.5. The lowest BCUT2D eigenvalue weighted by molar-refractivity contribution is 0.548. The predicted octanol–water partition coefficient (Wildman–Crippen LogP) is 9.49. The SMILES string of the molecule is Clc1ccc2nc(Cl)oc2c1.Cn1c2c(c3ccccc31)CCN(c1nc3ccc(Cl)cc3o1)C2.Cn1c2c(c3ccccc31)CCNC2. The Morgan fingerprint density at radius 1 is 0.673 bits per heavy atom. The summed E-state index contributed by atoms with van der Waals surface area (Å²) in [4.78, 5) is 10.7. The zero-order valence-electron chi connectivity index (χ0n) is 27.0. The molecule has 0 saturated carbocycles. The molecule has 0 bridgehead atoms. The highest BCUT2D eigenvalue weighted by Gasteiger charge is 2.25. The number of nitrogens with one attached hydrogen (secondary N) is 1. The van der Waals surface area contributed by atoms with Crippen LogP contribution in [0.5, 0.6) is 0 Å². The van der Waals surface area contributed by atoms with Crippen LogP contribution in [0.2, 0.25) is 15.4 Å². The van der Waals surface area contributed by atoms with Crippen molar-refractivity contribution in [2.45, 2.75) is 25.9 Å². The van der Waals surface area contributed by atoms with Gasteiger partial charge in [0.25, 0.3) is 11.4 Å². The van der Waals surface area contributed by atoms with E-state index in [2.05, 4.69) is 91.9 Å². The Labute approximate surface area is 297 Å². The zero-order valence-corrected chi connectivity index (χ0v) is 29.3.